The van der Waals surface area contributed by atoms with Crippen LogP contribution in [0.1, 0.15) is 69.5 Å². The van der Waals surface area contributed by atoms with Crippen molar-refractivity contribution in [2.24, 2.45) is 0 Å². The molecule has 2 heterocycles. The average molecular weight is 499 g/mol. The van der Waals surface area contributed by atoms with Gasteiger partial charge in [0.2, 0.25) is 0 Å². The number of aliphatic hydroxyl groups excluding tert-OH is 1. The number of likely N-dealkylation sites (N-methyl/N-ethyl adjacent to an activating group) is 1. The summed E-state index contributed by atoms with van der Waals surface area (Å²) in [6.45, 7) is 4.69. The Kier molecular flexibility index (Phi) is 10.8. The number of β-amino-alcohol motifs (C(OH)–C–C–N with tert-alkyl or cyclic N) is 1. The van der Waals surface area contributed by atoms with Gasteiger partial charge in [-0.2, -0.15) is 5.48 Å². The molecule has 36 heavy (non-hydrogen) atoms. The largest absolute Gasteiger partial charge is 0.392 e. The molecule has 1 saturated carbocycles. The lowest BCUT2D eigenvalue weighted by molar-refractivity contribution is -0.109. The molecule has 8 heteroatoms. The van der Waals surface area contributed by atoms with E-state index in [0.29, 0.717) is 25.6 Å². The fraction of sp³-hybridized carbons (Fsp3) is 0.571. The lowest BCUT2D eigenvalue weighted by Crippen LogP contribution is -2.35. The number of hydroxylamine groups is 1. The first-order valence-corrected chi connectivity index (χ1v) is 13.0. The zero-order chi connectivity index (χ0) is 26.0. The first-order chi connectivity index (χ1) is 17.3. The number of aldehydes is 1. The fourth-order valence-corrected chi connectivity index (χ4v) is 4.61. The van der Waals surface area contributed by atoms with Crippen LogP contribution in [0.15, 0.2) is 48.8 Å². The van der Waals surface area contributed by atoms with E-state index >= 15 is 0 Å². The molecule has 3 unspecified atom stereocenters. The van der Waals surface area contributed by atoms with E-state index in [1.54, 1.807) is 20.0 Å². The normalized spacial score (nSPS) is 21.4. The van der Waals surface area contributed by atoms with E-state index in [-0.39, 0.29) is 18.2 Å². The maximum absolute atomic E-state index is 10.2. The van der Waals surface area contributed by atoms with Gasteiger partial charge in [0.15, 0.2) is 0 Å². The molecule has 2 aromatic rings. The molecule has 4 rings (SSSR count). The second-order valence-corrected chi connectivity index (χ2v) is 10.3. The summed E-state index contributed by atoms with van der Waals surface area (Å²) < 4.78 is 0. The van der Waals surface area contributed by atoms with Gasteiger partial charge in [0.1, 0.15) is 6.29 Å². The highest BCUT2D eigenvalue weighted by Crippen LogP contribution is 2.28. The Balaban J connectivity index is 0.000000383. The van der Waals surface area contributed by atoms with Crippen LogP contribution in [0.5, 0.6) is 0 Å². The van der Waals surface area contributed by atoms with E-state index in [4.69, 9.17) is 9.94 Å². The molecule has 2 fully saturated rings. The summed E-state index contributed by atoms with van der Waals surface area (Å²) in [4.78, 5) is 22.4. The first kappa shape index (κ1) is 28.2. The van der Waals surface area contributed by atoms with Gasteiger partial charge in [-0.1, -0.05) is 37.5 Å². The third-order valence-corrected chi connectivity index (χ3v) is 6.92. The number of pyridine rings is 1. The monoisotopic (exact) mass is 498 g/mol. The minimum absolute atomic E-state index is 0.0396. The predicted molar refractivity (Wildman–Crippen MR) is 142 cm³/mol. The molecule has 0 bridgehead atoms. The van der Waals surface area contributed by atoms with Crippen molar-refractivity contribution in [2.45, 2.75) is 82.2 Å². The van der Waals surface area contributed by atoms with Crippen molar-refractivity contribution in [1.82, 2.24) is 15.8 Å². The average Bonchev–Trinajstić information content (AvgIpc) is 3.33. The Bertz CT molecular complexity index is 898. The number of aromatic nitrogens is 1. The van der Waals surface area contributed by atoms with Crippen LogP contribution < -0.4 is 15.7 Å². The molecule has 1 aromatic carbocycles. The quantitative estimate of drug-likeness (QED) is 0.308. The highest BCUT2D eigenvalue weighted by molar-refractivity contribution is 5.58. The van der Waals surface area contributed by atoms with Crippen LogP contribution in [0, 0.1) is 0 Å². The standard InChI is InChI=1S/C23H33N3O2.C5H9NO2/c1-23(2,27)19-11-13-21(14-12-19)26(3)22(18-8-7-15-24-16-18)17-28-25-20-9-5-4-6-10-20;7-3-4-1-5(8)2-6-4/h7-8,11-16,20,22,25,27H,4-6,9-10,17H2,1-3H3;3-6,8H,1-2H2. The van der Waals surface area contributed by atoms with Gasteiger partial charge >= 0.3 is 0 Å². The van der Waals surface area contributed by atoms with Gasteiger partial charge in [-0.05, 0) is 62.4 Å². The number of nitrogens with zero attached hydrogens (tertiary/aromatic N) is 2. The molecule has 1 aromatic heterocycles. The van der Waals surface area contributed by atoms with Gasteiger partial charge < -0.3 is 25.2 Å². The number of rotatable bonds is 9. The summed E-state index contributed by atoms with van der Waals surface area (Å²) in [7, 11) is 2.07. The van der Waals surface area contributed by atoms with Crippen LogP contribution in [0.3, 0.4) is 0 Å². The van der Waals surface area contributed by atoms with Gasteiger partial charge in [0, 0.05) is 37.7 Å². The fourth-order valence-electron chi connectivity index (χ4n) is 4.61. The number of nitrogens with one attached hydrogen (secondary N) is 2. The van der Waals surface area contributed by atoms with Crippen molar-refractivity contribution in [2.75, 3.05) is 25.1 Å². The maximum atomic E-state index is 10.2. The van der Waals surface area contributed by atoms with Gasteiger partial charge in [-0.3, -0.25) is 9.82 Å². The molecule has 0 radical (unpaired) electrons. The van der Waals surface area contributed by atoms with Gasteiger partial charge in [0.25, 0.3) is 0 Å². The molecule has 0 spiro atoms. The summed E-state index contributed by atoms with van der Waals surface area (Å²) >= 11 is 0. The molecule has 2 aliphatic rings. The second kappa shape index (κ2) is 13.8. The van der Waals surface area contributed by atoms with Crippen molar-refractivity contribution >= 4 is 12.0 Å². The van der Waals surface area contributed by atoms with Crippen molar-refractivity contribution in [3.63, 3.8) is 0 Å². The van der Waals surface area contributed by atoms with Gasteiger partial charge in [-0.25, -0.2) is 0 Å². The van der Waals surface area contributed by atoms with Gasteiger partial charge in [-0.15, -0.1) is 0 Å². The zero-order valence-corrected chi connectivity index (χ0v) is 21.8. The van der Waals surface area contributed by atoms with Crippen LogP contribution in [0.4, 0.5) is 5.69 Å². The molecule has 1 aliphatic carbocycles. The van der Waals surface area contributed by atoms with Crippen LogP contribution >= 0.6 is 0 Å². The number of benzene rings is 1. The van der Waals surface area contributed by atoms with Crippen LogP contribution in [-0.2, 0) is 15.2 Å². The van der Waals surface area contributed by atoms with Crippen molar-refractivity contribution in [1.29, 1.82) is 0 Å². The Labute approximate surface area is 215 Å². The zero-order valence-electron chi connectivity index (χ0n) is 21.8. The summed E-state index contributed by atoms with van der Waals surface area (Å²) in [5.41, 5.74) is 5.52. The first-order valence-electron chi connectivity index (χ1n) is 13.0. The number of hydrogen-bond donors (Lipinski definition) is 4. The van der Waals surface area contributed by atoms with E-state index in [2.05, 4.69) is 33.8 Å². The van der Waals surface area contributed by atoms with Crippen molar-refractivity contribution in [3.8, 4) is 0 Å². The van der Waals surface area contributed by atoms with E-state index in [9.17, 15) is 9.90 Å². The minimum Gasteiger partial charge on any atom is -0.392 e. The summed E-state index contributed by atoms with van der Waals surface area (Å²) in [6, 6.07) is 12.5. The van der Waals surface area contributed by atoms with E-state index < -0.39 is 5.60 Å². The molecule has 8 nitrogen and oxygen atoms in total. The molecular weight excluding hydrogens is 456 g/mol. The van der Waals surface area contributed by atoms with E-state index in [1.165, 1.54) is 32.1 Å². The molecule has 3 atom stereocenters. The summed E-state index contributed by atoms with van der Waals surface area (Å²) in [5, 5.41) is 21.8. The van der Waals surface area contributed by atoms with Crippen LogP contribution in [0.25, 0.3) is 0 Å². The molecule has 4 N–H and O–H groups in total. The number of hydrogen-bond acceptors (Lipinski definition) is 8. The third-order valence-electron chi connectivity index (χ3n) is 6.92. The van der Waals surface area contributed by atoms with E-state index in [1.807, 2.05) is 36.5 Å². The number of aliphatic hydroxyl groups is 2. The SMILES string of the molecule is CN(c1ccc(C(C)(C)O)cc1)C(CONC1CCCCC1)c1cccnc1.O=CC1CC(O)CN1. The highest BCUT2D eigenvalue weighted by atomic mass is 16.6. The van der Waals surface area contributed by atoms with Crippen LogP contribution in [0.2, 0.25) is 0 Å². The summed E-state index contributed by atoms with van der Waals surface area (Å²) in [6.07, 6.45) is 11.0. The highest BCUT2D eigenvalue weighted by Gasteiger charge is 2.22. The predicted octanol–water partition coefficient (Wildman–Crippen LogP) is 3.25. The number of carbonyl (C=O) groups excluding carboxylic acids is 1. The molecule has 198 valence electrons. The minimum atomic E-state index is -0.840. The second-order valence-electron chi connectivity index (χ2n) is 10.3. The van der Waals surface area contributed by atoms with E-state index in [0.717, 1.165) is 23.1 Å². The topological polar surface area (TPSA) is 107 Å². The molecule has 0 amide bonds. The molecular formula is C28H42N4O4. The number of carbonyl (C=O) groups is 1. The Morgan fingerprint density at radius 3 is 2.47 bits per heavy atom. The lowest BCUT2D eigenvalue weighted by atomic mass is 9.96. The van der Waals surface area contributed by atoms with Crippen molar-refractivity contribution < 1.29 is 19.8 Å². The Hall–Kier alpha value is -2.36. The van der Waals surface area contributed by atoms with Gasteiger partial charge in [0.05, 0.1) is 30.4 Å². The third kappa shape index (κ3) is 8.64. The lowest BCUT2D eigenvalue weighted by Gasteiger charge is -2.31. The van der Waals surface area contributed by atoms with Crippen LogP contribution in [-0.4, -0.2) is 59.9 Å². The summed E-state index contributed by atoms with van der Waals surface area (Å²) in [5.74, 6) is 0. The maximum Gasteiger partial charge on any atom is 0.136 e. The Morgan fingerprint density at radius 1 is 1.22 bits per heavy atom. The van der Waals surface area contributed by atoms with Crippen molar-refractivity contribution in [3.05, 3.63) is 59.9 Å². The smallest absolute Gasteiger partial charge is 0.136 e. The molecule has 1 saturated heterocycles. The Morgan fingerprint density at radius 2 is 1.94 bits per heavy atom. The number of anilines is 1. The molecule has 1 aliphatic heterocycles.